The van der Waals surface area contributed by atoms with Gasteiger partial charge in [0.25, 0.3) is 0 Å². The Morgan fingerprint density at radius 1 is 1.10 bits per heavy atom. The fraction of sp³-hybridized carbons (Fsp3) is 0.538. The summed E-state index contributed by atoms with van der Waals surface area (Å²) >= 11 is 0. The molecule has 4 heteroatoms. The zero-order chi connectivity index (χ0) is 22.6. The number of nitrogens with one attached hydrogen (secondary N) is 1. The van der Waals surface area contributed by atoms with Crippen LogP contribution < -0.4 is 11.1 Å². The molecule has 0 spiro atoms. The van der Waals surface area contributed by atoms with Crippen LogP contribution in [-0.4, -0.2) is 18.4 Å². The van der Waals surface area contributed by atoms with Gasteiger partial charge in [-0.25, -0.2) is 0 Å². The molecule has 0 heterocycles. The Kier molecular flexibility index (Phi) is 11.2. The summed E-state index contributed by atoms with van der Waals surface area (Å²) in [5.41, 5.74) is 10.4. The molecule has 0 aromatic carbocycles. The van der Waals surface area contributed by atoms with Crippen LogP contribution in [0.25, 0.3) is 0 Å². The summed E-state index contributed by atoms with van der Waals surface area (Å²) in [6.45, 7) is 11.5. The molecular formula is C26H40N2O2. The van der Waals surface area contributed by atoms with Crippen molar-refractivity contribution in [2.45, 2.75) is 79.6 Å². The van der Waals surface area contributed by atoms with Gasteiger partial charge >= 0.3 is 0 Å². The van der Waals surface area contributed by atoms with E-state index >= 15 is 0 Å². The number of allylic oxidation sites excluding steroid dienone is 9. The van der Waals surface area contributed by atoms with Crippen LogP contribution in [0.4, 0.5) is 0 Å². The second-order valence-corrected chi connectivity index (χ2v) is 8.99. The molecule has 1 aliphatic rings. The van der Waals surface area contributed by atoms with E-state index < -0.39 is 0 Å². The Labute approximate surface area is 183 Å². The first kappa shape index (κ1) is 25.7. The lowest BCUT2D eigenvalue weighted by Gasteiger charge is -2.32. The number of carbonyl (C=O) groups is 2. The van der Waals surface area contributed by atoms with Crippen molar-refractivity contribution in [3.63, 3.8) is 0 Å². The van der Waals surface area contributed by atoms with Gasteiger partial charge in [-0.3, -0.25) is 9.59 Å². The van der Waals surface area contributed by atoms with Gasteiger partial charge in [0.1, 0.15) is 0 Å². The Hall–Kier alpha value is -2.36. The molecule has 0 aromatic rings. The van der Waals surface area contributed by atoms with Gasteiger partial charge in [0.2, 0.25) is 11.8 Å². The standard InChI is InChI=1S/C26H40N2O2/c1-20(15-16-23-22(3)13-10-17-26(23,4)5)11-9-12-21(2)19-25(30)28-18-8-6-7-14-24(27)29/h9,11-12,15-16,19H,6-8,10,13-14,17-18H2,1-5H3,(H2,27,29)(H,28,30)/b12-9+,16-15+,20-11+,21-19+. The van der Waals surface area contributed by atoms with E-state index in [4.69, 9.17) is 5.73 Å². The molecule has 1 rings (SSSR count). The van der Waals surface area contributed by atoms with Gasteiger partial charge in [-0.15, -0.1) is 0 Å². The largest absolute Gasteiger partial charge is 0.370 e. The van der Waals surface area contributed by atoms with E-state index in [9.17, 15) is 9.59 Å². The van der Waals surface area contributed by atoms with Gasteiger partial charge in [0, 0.05) is 19.0 Å². The molecule has 30 heavy (non-hydrogen) atoms. The summed E-state index contributed by atoms with van der Waals surface area (Å²) in [5.74, 6) is -0.358. The molecule has 2 amide bonds. The topological polar surface area (TPSA) is 72.2 Å². The number of hydrogen-bond donors (Lipinski definition) is 2. The molecule has 0 aromatic heterocycles. The van der Waals surface area contributed by atoms with Crippen LogP contribution in [0, 0.1) is 5.41 Å². The van der Waals surface area contributed by atoms with Crippen LogP contribution in [0.15, 0.2) is 58.7 Å². The molecular weight excluding hydrogens is 372 g/mol. The van der Waals surface area contributed by atoms with E-state index in [-0.39, 0.29) is 17.2 Å². The van der Waals surface area contributed by atoms with Crippen LogP contribution >= 0.6 is 0 Å². The molecule has 0 aliphatic heterocycles. The van der Waals surface area contributed by atoms with Crippen LogP contribution in [0.2, 0.25) is 0 Å². The minimum atomic E-state index is -0.269. The molecule has 166 valence electrons. The maximum atomic E-state index is 11.9. The maximum absolute atomic E-state index is 11.9. The molecule has 0 atom stereocenters. The molecule has 0 bridgehead atoms. The van der Waals surface area contributed by atoms with Gasteiger partial charge in [0.15, 0.2) is 0 Å². The second kappa shape index (κ2) is 13.0. The highest BCUT2D eigenvalue weighted by Gasteiger charge is 2.26. The van der Waals surface area contributed by atoms with Crippen molar-refractivity contribution in [2.75, 3.05) is 6.54 Å². The normalized spacial score (nSPS) is 17.8. The number of primary amides is 1. The summed E-state index contributed by atoms with van der Waals surface area (Å²) in [5, 5.41) is 2.87. The first-order valence-corrected chi connectivity index (χ1v) is 11.1. The highest BCUT2D eigenvalue weighted by molar-refractivity contribution is 5.88. The monoisotopic (exact) mass is 412 g/mol. The third-order valence-corrected chi connectivity index (χ3v) is 5.53. The predicted octanol–water partition coefficient (Wildman–Crippen LogP) is 5.68. The molecule has 0 saturated carbocycles. The first-order valence-electron chi connectivity index (χ1n) is 11.1. The lowest BCUT2D eigenvalue weighted by Crippen LogP contribution is -2.22. The van der Waals surface area contributed by atoms with Crippen molar-refractivity contribution in [3.8, 4) is 0 Å². The number of rotatable bonds is 11. The van der Waals surface area contributed by atoms with Gasteiger partial charge in [0.05, 0.1) is 0 Å². The van der Waals surface area contributed by atoms with Crippen LogP contribution in [0.5, 0.6) is 0 Å². The fourth-order valence-electron chi connectivity index (χ4n) is 3.75. The summed E-state index contributed by atoms with van der Waals surface area (Å²) in [6.07, 6.45) is 18.7. The van der Waals surface area contributed by atoms with Crippen molar-refractivity contribution in [2.24, 2.45) is 11.1 Å². The predicted molar refractivity (Wildman–Crippen MR) is 127 cm³/mol. The van der Waals surface area contributed by atoms with E-state index in [2.05, 4.69) is 51.2 Å². The Morgan fingerprint density at radius 3 is 2.50 bits per heavy atom. The van der Waals surface area contributed by atoms with Crippen molar-refractivity contribution in [1.29, 1.82) is 0 Å². The van der Waals surface area contributed by atoms with E-state index in [0.29, 0.717) is 13.0 Å². The van der Waals surface area contributed by atoms with E-state index in [0.717, 1.165) is 24.8 Å². The highest BCUT2D eigenvalue weighted by Crippen LogP contribution is 2.40. The van der Waals surface area contributed by atoms with Crippen molar-refractivity contribution in [3.05, 3.63) is 58.7 Å². The van der Waals surface area contributed by atoms with Gasteiger partial charge in [-0.1, -0.05) is 61.8 Å². The molecule has 1 aliphatic carbocycles. The van der Waals surface area contributed by atoms with Crippen molar-refractivity contribution < 1.29 is 9.59 Å². The number of unbranched alkanes of at least 4 members (excludes halogenated alkanes) is 2. The zero-order valence-electron chi connectivity index (χ0n) is 19.5. The average molecular weight is 413 g/mol. The SMILES string of the molecule is CC1=C(/C=C/C(C)=C/C=C/C(C)=C/C(=O)NCCCCCC(N)=O)C(C)(C)CCC1. The molecule has 0 saturated heterocycles. The van der Waals surface area contributed by atoms with Gasteiger partial charge < -0.3 is 11.1 Å². The molecule has 0 fully saturated rings. The van der Waals surface area contributed by atoms with Crippen LogP contribution in [0.1, 0.15) is 79.6 Å². The highest BCUT2D eigenvalue weighted by atomic mass is 16.1. The maximum Gasteiger partial charge on any atom is 0.244 e. The molecule has 3 N–H and O–H groups in total. The summed E-state index contributed by atoms with van der Waals surface area (Å²) in [4.78, 5) is 22.6. The Balaban J connectivity index is 2.47. The number of nitrogens with two attached hydrogens (primary N) is 1. The smallest absolute Gasteiger partial charge is 0.244 e. The number of hydrogen-bond acceptors (Lipinski definition) is 2. The quantitative estimate of drug-likeness (QED) is 0.260. The summed E-state index contributed by atoms with van der Waals surface area (Å²) in [6, 6.07) is 0. The number of amides is 2. The van der Waals surface area contributed by atoms with E-state index in [1.807, 2.05) is 19.1 Å². The van der Waals surface area contributed by atoms with Gasteiger partial charge in [-0.2, -0.15) is 0 Å². The second-order valence-electron chi connectivity index (χ2n) is 8.99. The van der Waals surface area contributed by atoms with E-state index in [1.165, 1.54) is 36.0 Å². The van der Waals surface area contributed by atoms with Crippen LogP contribution in [-0.2, 0) is 9.59 Å². The summed E-state index contributed by atoms with van der Waals surface area (Å²) in [7, 11) is 0. The van der Waals surface area contributed by atoms with E-state index in [1.54, 1.807) is 6.08 Å². The lowest BCUT2D eigenvalue weighted by atomic mass is 9.72. The molecule has 0 radical (unpaired) electrons. The van der Waals surface area contributed by atoms with Crippen LogP contribution in [0.3, 0.4) is 0 Å². The lowest BCUT2D eigenvalue weighted by molar-refractivity contribution is -0.118. The third-order valence-electron chi connectivity index (χ3n) is 5.53. The minimum Gasteiger partial charge on any atom is -0.370 e. The Morgan fingerprint density at radius 2 is 1.83 bits per heavy atom. The Bertz CT molecular complexity index is 749. The molecule has 4 nitrogen and oxygen atoms in total. The fourth-order valence-corrected chi connectivity index (χ4v) is 3.75. The van der Waals surface area contributed by atoms with Crippen molar-refractivity contribution in [1.82, 2.24) is 5.32 Å². The summed E-state index contributed by atoms with van der Waals surface area (Å²) < 4.78 is 0. The van der Waals surface area contributed by atoms with Crippen molar-refractivity contribution >= 4 is 11.8 Å². The minimum absolute atomic E-state index is 0.0883. The first-order chi connectivity index (χ1) is 14.1. The zero-order valence-corrected chi connectivity index (χ0v) is 19.5. The third kappa shape index (κ3) is 10.4. The number of carbonyl (C=O) groups excluding carboxylic acids is 2. The molecule has 0 unspecified atom stereocenters. The van der Waals surface area contributed by atoms with Gasteiger partial charge in [-0.05, 0) is 69.4 Å². The average Bonchev–Trinajstić information content (AvgIpc) is 2.63.